The summed E-state index contributed by atoms with van der Waals surface area (Å²) in [6.45, 7) is 9.83. The van der Waals surface area contributed by atoms with Crippen molar-refractivity contribution < 1.29 is 14.6 Å². The highest BCUT2D eigenvalue weighted by molar-refractivity contribution is 5.73. The van der Waals surface area contributed by atoms with E-state index in [0.717, 1.165) is 18.4 Å². The second-order valence-corrected chi connectivity index (χ2v) is 6.92. The number of hydrogen-bond acceptors (Lipinski definition) is 3. The fraction of sp³-hybridized carbons (Fsp3) is 0.812. The van der Waals surface area contributed by atoms with Crippen molar-refractivity contribution >= 4 is 5.91 Å². The molecule has 1 amide bonds. The summed E-state index contributed by atoms with van der Waals surface area (Å²) in [4.78, 5) is 11.6. The number of nitrogens with one attached hydrogen (secondary N) is 1. The van der Waals surface area contributed by atoms with Gasteiger partial charge in [0.05, 0.1) is 12.2 Å². The van der Waals surface area contributed by atoms with Crippen LogP contribution >= 0.6 is 0 Å². The van der Waals surface area contributed by atoms with Gasteiger partial charge in [0.15, 0.2) is 0 Å². The number of ether oxygens (including phenoxy) is 1. The van der Waals surface area contributed by atoms with E-state index in [9.17, 15) is 9.90 Å². The van der Waals surface area contributed by atoms with Gasteiger partial charge in [-0.2, -0.15) is 0 Å². The molecule has 1 saturated heterocycles. The fourth-order valence-electron chi connectivity index (χ4n) is 3.60. The third kappa shape index (κ3) is 2.77. The molecule has 1 aliphatic heterocycles. The first-order valence-electron chi connectivity index (χ1n) is 7.53. The van der Waals surface area contributed by atoms with Crippen LogP contribution in [0.5, 0.6) is 0 Å². The molecule has 114 valence electrons. The van der Waals surface area contributed by atoms with Crippen molar-refractivity contribution in [1.82, 2.24) is 5.32 Å². The molecule has 4 nitrogen and oxygen atoms in total. The SMILES string of the molecule is CC(=O)N[C@]1(C)C[C@@H](C(C)C)O[C@H]2[C@H](O)C(C)=CC[C@H]21. The van der Waals surface area contributed by atoms with Crippen LogP contribution in [0.3, 0.4) is 0 Å². The van der Waals surface area contributed by atoms with Crippen molar-refractivity contribution in [2.24, 2.45) is 11.8 Å². The highest BCUT2D eigenvalue weighted by Gasteiger charge is 2.51. The molecule has 0 saturated carbocycles. The first kappa shape index (κ1) is 15.5. The van der Waals surface area contributed by atoms with E-state index in [-0.39, 0.29) is 29.6 Å². The molecule has 2 aliphatic rings. The summed E-state index contributed by atoms with van der Waals surface area (Å²) >= 11 is 0. The van der Waals surface area contributed by atoms with Crippen molar-refractivity contribution in [3.8, 4) is 0 Å². The predicted octanol–water partition coefficient (Wildman–Crippen LogP) is 2.02. The molecule has 1 fully saturated rings. The summed E-state index contributed by atoms with van der Waals surface area (Å²) in [5, 5.41) is 13.6. The van der Waals surface area contributed by atoms with Gasteiger partial charge in [0.2, 0.25) is 5.91 Å². The highest BCUT2D eigenvalue weighted by atomic mass is 16.5. The number of amides is 1. The van der Waals surface area contributed by atoms with Crippen LogP contribution < -0.4 is 5.32 Å². The van der Waals surface area contributed by atoms with Crippen LogP contribution in [0.1, 0.15) is 47.5 Å². The van der Waals surface area contributed by atoms with E-state index in [1.807, 2.05) is 6.92 Å². The van der Waals surface area contributed by atoms with Gasteiger partial charge in [0.1, 0.15) is 6.10 Å². The van der Waals surface area contributed by atoms with Gasteiger partial charge >= 0.3 is 0 Å². The lowest BCUT2D eigenvalue weighted by Gasteiger charge is -2.52. The zero-order valence-electron chi connectivity index (χ0n) is 13.1. The van der Waals surface area contributed by atoms with Crippen LogP contribution in [0.25, 0.3) is 0 Å². The molecule has 0 bridgehead atoms. The van der Waals surface area contributed by atoms with Gasteiger partial charge in [0, 0.05) is 18.4 Å². The number of fused-ring (bicyclic) bond motifs is 1. The lowest BCUT2D eigenvalue weighted by Crippen LogP contribution is -2.64. The Kier molecular flexibility index (Phi) is 4.26. The van der Waals surface area contributed by atoms with E-state index in [1.54, 1.807) is 6.92 Å². The first-order chi connectivity index (χ1) is 9.24. The maximum absolute atomic E-state index is 11.6. The zero-order chi connectivity index (χ0) is 15.1. The van der Waals surface area contributed by atoms with Gasteiger partial charge < -0.3 is 15.2 Å². The largest absolute Gasteiger partial charge is 0.386 e. The number of aliphatic hydroxyl groups excluding tert-OH is 1. The number of carbonyl (C=O) groups is 1. The molecule has 1 aliphatic carbocycles. The van der Waals surface area contributed by atoms with Crippen LogP contribution in [0.15, 0.2) is 11.6 Å². The molecule has 2 rings (SSSR count). The molecule has 2 N–H and O–H groups in total. The minimum Gasteiger partial charge on any atom is -0.386 e. The highest BCUT2D eigenvalue weighted by Crippen LogP contribution is 2.43. The Hall–Kier alpha value is -0.870. The van der Waals surface area contributed by atoms with Crippen LogP contribution in [0.2, 0.25) is 0 Å². The summed E-state index contributed by atoms with van der Waals surface area (Å²) < 4.78 is 6.17. The topological polar surface area (TPSA) is 58.6 Å². The molecule has 0 spiro atoms. The summed E-state index contributed by atoms with van der Waals surface area (Å²) in [6, 6.07) is 0. The molecule has 20 heavy (non-hydrogen) atoms. The monoisotopic (exact) mass is 281 g/mol. The minimum absolute atomic E-state index is 0.0172. The molecule has 0 aromatic rings. The zero-order valence-corrected chi connectivity index (χ0v) is 13.1. The molecular weight excluding hydrogens is 254 g/mol. The quantitative estimate of drug-likeness (QED) is 0.761. The van der Waals surface area contributed by atoms with Crippen LogP contribution in [-0.2, 0) is 9.53 Å². The smallest absolute Gasteiger partial charge is 0.217 e. The summed E-state index contributed by atoms with van der Waals surface area (Å²) in [7, 11) is 0. The van der Waals surface area contributed by atoms with Crippen molar-refractivity contribution in [2.75, 3.05) is 0 Å². The number of carbonyl (C=O) groups excluding carboxylic acids is 1. The number of rotatable bonds is 2. The third-order valence-corrected chi connectivity index (χ3v) is 4.85. The average Bonchev–Trinajstić information content (AvgIpc) is 2.32. The van der Waals surface area contributed by atoms with E-state index in [1.165, 1.54) is 0 Å². The van der Waals surface area contributed by atoms with Crippen molar-refractivity contribution in [3.63, 3.8) is 0 Å². The average molecular weight is 281 g/mol. The molecular formula is C16H27NO3. The Morgan fingerprint density at radius 2 is 2.20 bits per heavy atom. The van der Waals surface area contributed by atoms with Crippen LogP contribution in [0, 0.1) is 11.8 Å². The minimum atomic E-state index is -0.566. The van der Waals surface area contributed by atoms with Gasteiger partial charge in [-0.15, -0.1) is 0 Å². The van der Waals surface area contributed by atoms with Gasteiger partial charge in [-0.3, -0.25) is 4.79 Å². The van der Waals surface area contributed by atoms with Gasteiger partial charge in [-0.25, -0.2) is 0 Å². The first-order valence-corrected chi connectivity index (χ1v) is 7.53. The molecule has 5 atom stereocenters. The number of hydrogen-bond donors (Lipinski definition) is 2. The van der Waals surface area contributed by atoms with Gasteiger partial charge in [-0.05, 0) is 38.2 Å². The summed E-state index contributed by atoms with van der Waals surface area (Å²) in [6.07, 6.45) is 2.99. The van der Waals surface area contributed by atoms with E-state index < -0.39 is 6.10 Å². The Morgan fingerprint density at radius 1 is 1.55 bits per heavy atom. The van der Waals surface area contributed by atoms with Crippen LogP contribution in [0.4, 0.5) is 0 Å². The third-order valence-electron chi connectivity index (χ3n) is 4.85. The summed E-state index contributed by atoms with van der Waals surface area (Å²) in [5.41, 5.74) is 0.655. The lowest BCUT2D eigenvalue weighted by molar-refractivity contribution is -0.173. The maximum atomic E-state index is 11.6. The van der Waals surface area contributed by atoms with E-state index in [2.05, 4.69) is 32.2 Å². The molecule has 0 radical (unpaired) electrons. The second kappa shape index (κ2) is 5.49. The Bertz CT molecular complexity index is 418. The maximum Gasteiger partial charge on any atom is 0.217 e. The van der Waals surface area contributed by atoms with Crippen molar-refractivity contribution in [3.05, 3.63) is 11.6 Å². The van der Waals surface area contributed by atoms with E-state index >= 15 is 0 Å². The molecule has 0 unspecified atom stereocenters. The molecule has 0 aromatic heterocycles. The molecule has 0 aromatic carbocycles. The molecule has 1 heterocycles. The lowest BCUT2D eigenvalue weighted by atomic mass is 9.68. The normalized spacial score (nSPS) is 41.0. The number of allylic oxidation sites excluding steroid dienone is 1. The molecule has 4 heteroatoms. The van der Waals surface area contributed by atoms with Crippen molar-refractivity contribution in [1.29, 1.82) is 0 Å². The summed E-state index contributed by atoms with van der Waals surface area (Å²) in [5.74, 6) is 0.471. The van der Waals surface area contributed by atoms with E-state index in [0.29, 0.717) is 5.92 Å². The van der Waals surface area contributed by atoms with Crippen LogP contribution in [-0.4, -0.2) is 34.9 Å². The predicted molar refractivity (Wildman–Crippen MR) is 78.2 cm³/mol. The van der Waals surface area contributed by atoms with Crippen molar-refractivity contribution in [2.45, 2.75) is 71.3 Å². The Balaban J connectivity index is 2.33. The second-order valence-electron chi connectivity index (χ2n) is 6.92. The van der Waals surface area contributed by atoms with E-state index in [4.69, 9.17) is 4.74 Å². The van der Waals surface area contributed by atoms with Gasteiger partial charge in [0.25, 0.3) is 0 Å². The number of aliphatic hydroxyl groups is 1. The standard InChI is InChI=1S/C16H27NO3/c1-9(2)13-8-16(5,17-11(4)18)12-7-6-10(3)14(19)15(12)20-13/h6,9,12-15,19H,7-8H2,1-5H3,(H,17,18)/t12-,13+,14-,15-,16-/m1/s1. The fourth-order valence-corrected chi connectivity index (χ4v) is 3.60. The Morgan fingerprint density at radius 3 is 2.75 bits per heavy atom. The van der Waals surface area contributed by atoms with Gasteiger partial charge in [-0.1, -0.05) is 19.9 Å². The Labute approximate surface area is 121 Å².